The molecule has 1 aliphatic rings. The Kier molecular flexibility index (Phi) is 1.81. The summed E-state index contributed by atoms with van der Waals surface area (Å²) in [6, 6.07) is 8.40. The summed E-state index contributed by atoms with van der Waals surface area (Å²) in [5.41, 5.74) is 2.00. The Morgan fingerprint density at radius 3 is 2.23 bits per heavy atom. The maximum atomic E-state index is 9.56. The lowest BCUT2D eigenvalue weighted by Gasteiger charge is -2.45. The van der Waals surface area contributed by atoms with Gasteiger partial charge in [-0.15, -0.1) is 0 Å². The standard InChI is InChI=1S/C11H15NO/c1-9-3-5-10(6-4-9)12-7-11(2,13)8-12/h3-6,13H,7-8H2,1-2H3. The number of aryl methyl sites for hydroxylation is 1. The van der Waals surface area contributed by atoms with Crippen molar-refractivity contribution in [3.05, 3.63) is 29.8 Å². The molecule has 1 heterocycles. The van der Waals surface area contributed by atoms with Gasteiger partial charge in [0.25, 0.3) is 0 Å². The van der Waals surface area contributed by atoms with Crippen molar-refractivity contribution >= 4 is 5.69 Å². The summed E-state index contributed by atoms with van der Waals surface area (Å²) in [6.07, 6.45) is 0. The number of hydrogen-bond acceptors (Lipinski definition) is 2. The molecule has 0 bridgehead atoms. The second-order valence-corrected chi connectivity index (χ2v) is 4.19. The molecule has 0 atom stereocenters. The minimum atomic E-state index is -0.481. The number of aliphatic hydroxyl groups is 1. The van der Waals surface area contributed by atoms with Crippen LogP contribution in [0.1, 0.15) is 12.5 Å². The van der Waals surface area contributed by atoms with Crippen molar-refractivity contribution in [1.82, 2.24) is 0 Å². The van der Waals surface area contributed by atoms with Gasteiger partial charge in [-0.05, 0) is 26.0 Å². The fourth-order valence-electron chi connectivity index (χ4n) is 1.71. The number of hydrogen-bond donors (Lipinski definition) is 1. The SMILES string of the molecule is Cc1ccc(N2CC(C)(O)C2)cc1. The molecule has 1 saturated heterocycles. The van der Waals surface area contributed by atoms with Gasteiger partial charge >= 0.3 is 0 Å². The Morgan fingerprint density at radius 1 is 1.23 bits per heavy atom. The highest BCUT2D eigenvalue weighted by Crippen LogP contribution is 2.26. The third kappa shape index (κ3) is 1.68. The van der Waals surface area contributed by atoms with Crippen LogP contribution in [0.5, 0.6) is 0 Å². The monoisotopic (exact) mass is 177 g/mol. The highest BCUT2D eigenvalue weighted by molar-refractivity contribution is 5.51. The van der Waals surface area contributed by atoms with E-state index in [2.05, 4.69) is 36.1 Å². The molecule has 1 fully saturated rings. The minimum Gasteiger partial charge on any atom is -0.386 e. The first-order valence-corrected chi connectivity index (χ1v) is 4.61. The summed E-state index contributed by atoms with van der Waals surface area (Å²) in [5, 5.41) is 9.56. The zero-order valence-electron chi connectivity index (χ0n) is 8.12. The summed E-state index contributed by atoms with van der Waals surface area (Å²) in [5.74, 6) is 0. The third-order valence-electron chi connectivity index (χ3n) is 2.46. The molecule has 0 amide bonds. The highest BCUT2D eigenvalue weighted by Gasteiger charge is 2.36. The Balaban J connectivity index is 2.08. The van der Waals surface area contributed by atoms with E-state index in [1.165, 1.54) is 11.3 Å². The van der Waals surface area contributed by atoms with Crippen molar-refractivity contribution < 1.29 is 5.11 Å². The van der Waals surface area contributed by atoms with Crippen LogP contribution in [0.4, 0.5) is 5.69 Å². The summed E-state index contributed by atoms with van der Waals surface area (Å²) in [4.78, 5) is 2.18. The number of benzene rings is 1. The Hall–Kier alpha value is -1.02. The summed E-state index contributed by atoms with van der Waals surface area (Å²) in [6.45, 7) is 5.44. The van der Waals surface area contributed by atoms with E-state index in [1.807, 2.05) is 6.92 Å². The third-order valence-corrected chi connectivity index (χ3v) is 2.46. The maximum absolute atomic E-state index is 9.56. The van der Waals surface area contributed by atoms with Crippen LogP contribution >= 0.6 is 0 Å². The predicted octanol–water partition coefficient (Wildman–Crippen LogP) is 1.57. The smallest absolute Gasteiger partial charge is 0.0967 e. The van der Waals surface area contributed by atoms with Gasteiger partial charge in [0, 0.05) is 18.8 Å². The zero-order chi connectivity index (χ0) is 9.47. The maximum Gasteiger partial charge on any atom is 0.0967 e. The van der Waals surface area contributed by atoms with Crippen molar-refractivity contribution in [3.8, 4) is 0 Å². The van der Waals surface area contributed by atoms with Crippen LogP contribution in [0.15, 0.2) is 24.3 Å². The molecule has 0 unspecified atom stereocenters. The van der Waals surface area contributed by atoms with Crippen molar-refractivity contribution in [3.63, 3.8) is 0 Å². The van der Waals surface area contributed by atoms with E-state index in [1.54, 1.807) is 0 Å². The largest absolute Gasteiger partial charge is 0.386 e. The van der Waals surface area contributed by atoms with Crippen LogP contribution in [-0.2, 0) is 0 Å². The molecular weight excluding hydrogens is 162 g/mol. The van der Waals surface area contributed by atoms with E-state index < -0.39 is 5.60 Å². The molecule has 0 spiro atoms. The van der Waals surface area contributed by atoms with Crippen molar-refractivity contribution in [2.45, 2.75) is 19.4 Å². The molecular formula is C11H15NO. The first kappa shape index (κ1) is 8.57. The van der Waals surface area contributed by atoms with E-state index >= 15 is 0 Å². The quantitative estimate of drug-likeness (QED) is 0.703. The molecule has 2 rings (SSSR count). The van der Waals surface area contributed by atoms with Crippen LogP contribution in [0, 0.1) is 6.92 Å². The fraction of sp³-hybridized carbons (Fsp3) is 0.455. The van der Waals surface area contributed by atoms with Gasteiger partial charge in [-0.25, -0.2) is 0 Å². The second kappa shape index (κ2) is 2.74. The molecule has 0 radical (unpaired) electrons. The van der Waals surface area contributed by atoms with Crippen molar-refractivity contribution in [2.75, 3.05) is 18.0 Å². The van der Waals surface area contributed by atoms with E-state index in [4.69, 9.17) is 0 Å². The number of nitrogens with zero attached hydrogens (tertiary/aromatic N) is 1. The Bertz CT molecular complexity index is 294. The second-order valence-electron chi connectivity index (χ2n) is 4.19. The van der Waals surface area contributed by atoms with E-state index in [0.717, 1.165) is 13.1 Å². The Morgan fingerprint density at radius 2 is 1.77 bits per heavy atom. The van der Waals surface area contributed by atoms with Gasteiger partial charge in [0.15, 0.2) is 0 Å². The molecule has 1 aromatic rings. The van der Waals surface area contributed by atoms with Gasteiger partial charge < -0.3 is 10.0 Å². The van der Waals surface area contributed by atoms with E-state index in [-0.39, 0.29) is 0 Å². The average molecular weight is 177 g/mol. The molecule has 1 aliphatic heterocycles. The number of anilines is 1. The summed E-state index contributed by atoms with van der Waals surface area (Å²) in [7, 11) is 0. The average Bonchev–Trinajstić information content (AvgIpc) is 2.01. The first-order valence-electron chi connectivity index (χ1n) is 4.61. The van der Waals surface area contributed by atoms with Crippen molar-refractivity contribution in [2.24, 2.45) is 0 Å². The molecule has 70 valence electrons. The van der Waals surface area contributed by atoms with Crippen LogP contribution < -0.4 is 4.90 Å². The van der Waals surface area contributed by atoms with Gasteiger partial charge in [0.05, 0.1) is 5.60 Å². The summed E-state index contributed by atoms with van der Waals surface area (Å²) >= 11 is 0. The van der Waals surface area contributed by atoms with Gasteiger partial charge in [0.2, 0.25) is 0 Å². The first-order chi connectivity index (χ1) is 6.07. The molecule has 2 heteroatoms. The molecule has 2 nitrogen and oxygen atoms in total. The Labute approximate surface area is 78.8 Å². The lowest BCUT2D eigenvalue weighted by Crippen LogP contribution is -2.60. The van der Waals surface area contributed by atoms with Crippen LogP contribution in [0.2, 0.25) is 0 Å². The minimum absolute atomic E-state index is 0.481. The lowest BCUT2D eigenvalue weighted by atomic mass is 9.96. The highest BCUT2D eigenvalue weighted by atomic mass is 16.3. The number of rotatable bonds is 1. The fourth-order valence-corrected chi connectivity index (χ4v) is 1.71. The molecule has 1 aromatic carbocycles. The van der Waals surface area contributed by atoms with Crippen molar-refractivity contribution in [1.29, 1.82) is 0 Å². The number of β-amino-alcohol motifs (C(OH)–C–C–N with tert-alkyl or cyclic N) is 1. The van der Waals surface area contributed by atoms with E-state index in [0.29, 0.717) is 0 Å². The topological polar surface area (TPSA) is 23.5 Å². The molecule has 0 aliphatic carbocycles. The normalized spacial score (nSPS) is 19.8. The molecule has 0 saturated carbocycles. The predicted molar refractivity (Wildman–Crippen MR) is 54.0 cm³/mol. The van der Waals surface area contributed by atoms with Gasteiger partial charge in [-0.3, -0.25) is 0 Å². The van der Waals surface area contributed by atoms with Crippen LogP contribution in [-0.4, -0.2) is 23.8 Å². The van der Waals surface area contributed by atoms with Gasteiger partial charge in [-0.1, -0.05) is 17.7 Å². The van der Waals surface area contributed by atoms with Crippen LogP contribution in [0.3, 0.4) is 0 Å². The molecule has 1 N–H and O–H groups in total. The van der Waals surface area contributed by atoms with Gasteiger partial charge in [0.1, 0.15) is 0 Å². The molecule has 0 aromatic heterocycles. The molecule has 13 heavy (non-hydrogen) atoms. The zero-order valence-corrected chi connectivity index (χ0v) is 8.12. The van der Waals surface area contributed by atoms with E-state index in [9.17, 15) is 5.11 Å². The lowest BCUT2D eigenvalue weighted by molar-refractivity contribution is 0.0310. The van der Waals surface area contributed by atoms with Gasteiger partial charge in [-0.2, -0.15) is 0 Å². The van der Waals surface area contributed by atoms with Crippen LogP contribution in [0.25, 0.3) is 0 Å². The summed E-state index contributed by atoms with van der Waals surface area (Å²) < 4.78 is 0.